The smallest absolute Gasteiger partial charge is 0.223 e. The minimum atomic E-state index is 0.204. The number of benzene rings is 1. The van der Waals surface area contributed by atoms with Gasteiger partial charge in [0.1, 0.15) is 11.6 Å². The van der Waals surface area contributed by atoms with Gasteiger partial charge in [-0.1, -0.05) is 18.2 Å². The van der Waals surface area contributed by atoms with Crippen LogP contribution in [-0.4, -0.2) is 55.1 Å². The van der Waals surface area contributed by atoms with Crippen LogP contribution in [0.5, 0.6) is 5.75 Å². The van der Waals surface area contributed by atoms with Crippen LogP contribution in [0.4, 0.5) is 5.82 Å². The van der Waals surface area contributed by atoms with Crippen LogP contribution in [0.3, 0.4) is 0 Å². The first kappa shape index (κ1) is 19.7. The first-order valence-corrected chi connectivity index (χ1v) is 10.7. The lowest BCUT2D eigenvalue weighted by molar-refractivity contribution is -0.122. The van der Waals surface area contributed by atoms with Gasteiger partial charge in [-0.2, -0.15) is 0 Å². The lowest BCUT2D eigenvalue weighted by Gasteiger charge is -2.35. The molecule has 0 bridgehead atoms. The van der Waals surface area contributed by atoms with Crippen molar-refractivity contribution >= 4 is 11.7 Å². The van der Waals surface area contributed by atoms with E-state index in [9.17, 15) is 4.79 Å². The van der Waals surface area contributed by atoms with Crippen LogP contribution in [0.15, 0.2) is 48.7 Å². The molecule has 0 spiro atoms. The highest BCUT2D eigenvalue weighted by Crippen LogP contribution is 2.28. The molecule has 1 saturated heterocycles. The first-order valence-electron chi connectivity index (χ1n) is 10.7. The monoisotopic (exact) mass is 394 g/mol. The number of ether oxygens (including phenoxy) is 1. The Morgan fingerprint density at radius 2 is 1.86 bits per heavy atom. The molecule has 29 heavy (non-hydrogen) atoms. The third-order valence-corrected chi connectivity index (χ3v) is 5.51. The Morgan fingerprint density at radius 1 is 1.07 bits per heavy atom. The predicted octanol–water partition coefficient (Wildman–Crippen LogP) is 2.70. The summed E-state index contributed by atoms with van der Waals surface area (Å²) in [5.41, 5.74) is 1.31. The topological polar surface area (TPSA) is 57.7 Å². The van der Waals surface area contributed by atoms with Crippen molar-refractivity contribution < 1.29 is 9.53 Å². The zero-order valence-corrected chi connectivity index (χ0v) is 16.9. The van der Waals surface area contributed by atoms with Crippen molar-refractivity contribution in [3.8, 4) is 5.75 Å². The molecule has 0 unspecified atom stereocenters. The highest BCUT2D eigenvalue weighted by molar-refractivity contribution is 5.80. The molecule has 1 aromatic carbocycles. The third-order valence-electron chi connectivity index (χ3n) is 5.51. The van der Waals surface area contributed by atoms with Crippen LogP contribution in [0.2, 0.25) is 0 Å². The van der Waals surface area contributed by atoms with E-state index < -0.39 is 0 Å². The van der Waals surface area contributed by atoms with Crippen molar-refractivity contribution in [1.29, 1.82) is 0 Å². The maximum absolute atomic E-state index is 11.6. The third kappa shape index (κ3) is 5.94. The number of amides is 1. The van der Waals surface area contributed by atoms with E-state index in [0.29, 0.717) is 13.2 Å². The first-order chi connectivity index (χ1) is 14.3. The lowest BCUT2D eigenvalue weighted by atomic mass is 10.2. The van der Waals surface area contributed by atoms with Gasteiger partial charge >= 0.3 is 0 Å². The summed E-state index contributed by atoms with van der Waals surface area (Å²) in [6.45, 7) is 6.38. The van der Waals surface area contributed by atoms with Gasteiger partial charge in [0.25, 0.3) is 0 Å². The fourth-order valence-corrected chi connectivity index (χ4v) is 3.59. The van der Waals surface area contributed by atoms with Gasteiger partial charge in [-0.05, 0) is 49.1 Å². The van der Waals surface area contributed by atoms with E-state index in [-0.39, 0.29) is 11.8 Å². The van der Waals surface area contributed by atoms with Gasteiger partial charge < -0.3 is 15.0 Å². The standard InChI is InChI=1S/C23H30N4O2/c28-23(20-7-8-20)25-12-3-17-29-21-9-5-19(6-10-21)18-26-13-15-27(16-14-26)22-4-1-2-11-24-22/h1-2,4-6,9-11,20H,3,7-8,12-18H2,(H,25,28). The van der Waals surface area contributed by atoms with Crippen LogP contribution in [0.1, 0.15) is 24.8 Å². The highest BCUT2D eigenvalue weighted by Gasteiger charge is 2.28. The Labute approximate surface area is 172 Å². The molecule has 1 aliphatic heterocycles. The summed E-state index contributed by atoms with van der Waals surface area (Å²) in [4.78, 5) is 20.8. The molecule has 0 atom stereocenters. The van der Waals surface area contributed by atoms with Crippen LogP contribution in [0, 0.1) is 5.92 Å². The van der Waals surface area contributed by atoms with Gasteiger partial charge in [-0.15, -0.1) is 0 Å². The Balaban J connectivity index is 1.14. The minimum Gasteiger partial charge on any atom is -0.494 e. The molecular formula is C23H30N4O2. The fourth-order valence-electron chi connectivity index (χ4n) is 3.59. The summed E-state index contributed by atoms with van der Waals surface area (Å²) in [6.07, 6.45) is 4.79. The molecule has 1 aromatic heterocycles. The fraction of sp³-hybridized carbons (Fsp3) is 0.478. The number of hydrogen-bond donors (Lipinski definition) is 1. The summed E-state index contributed by atoms with van der Waals surface area (Å²) in [5.74, 6) is 2.44. The van der Waals surface area contributed by atoms with Crippen molar-refractivity contribution in [3.63, 3.8) is 0 Å². The number of anilines is 1. The van der Waals surface area contributed by atoms with E-state index >= 15 is 0 Å². The Bertz CT molecular complexity index is 769. The van der Waals surface area contributed by atoms with Gasteiger partial charge in [0.15, 0.2) is 0 Å². The molecule has 1 N–H and O–H groups in total. The van der Waals surface area contributed by atoms with E-state index in [1.165, 1.54) is 5.56 Å². The summed E-state index contributed by atoms with van der Waals surface area (Å²) in [6, 6.07) is 14.5. The normalized spacial score (nSPS) is 17.2. The molecule has 1 saturated carbocycles. The molecule has 2 heterocycles. The maximum Gasteiger partial charge on any atom is 0.223 e. The molecule has 2 aromatic rings. The van der Waals surface area contributed by atoms with E-state index in [1.807, 2.05) is 30.5 Å². The van der Waals surface area contributed by atoms with E-state index in [4.69, 9.17) is 4.74 Å². The number of hydrogen-bond acceptors (Lipinski definition) is 5. The van der Waals surface area contributed by atoms with E-state index in [2.05, 4.69) is 38.3 Å². The Hall–Kier alpha value is -2.60. The number of nitrogens with zero attached hydrogens (tertiary/aromatic N) is 3. The van der Waals surface area contributed by atoms with Crippen molar-refractivity contribution in [2.45, 2.75) is 25.8 Å². The average molecular weight is 395 g/mol. The van der Waals surface area contributed by atoms with Crippen molar-refractivity contribution in [2.24, 2.45) is 5.92 Å². The molecule has 6 nitrogen and oxygen atoms in total. The summed E-state index contributed by atoms with van der Waals surface area (Å²) in [7, 11) is 0. The van der Waals surface area contributed by atoms with E-state index in [0.717, 1.165) is 63.6 Å². The zero-order chi connectivity index (χ0) is 19.9. The van der Waals surface area contributed by atoms with Gasteiger partial charge in [-0.3, -0.25) is 9.69 Å². The maximum atomic E-state index is 11.6. The SMILES string of the molecule is O=C(NCCCOc1ccc(CN2CCN(c3ccccn3)CC2)cc1)C1CC1. The molecule has 0 radical (unpaired) electrons. The second-order valence-electron chi connectivity index (χ2n) is 7.86. The summed E-state index contributed by atoms with van der Waals surface area (Å²) >= 11 is 0. The number of nitrogens with one attached hydrogen (secondary N) is 1. The molecule has 6 heteroatoms. The van der Waals surface area contributed by atoms with Crippen molar-refractivity contribution in [3.05, 3.63) is 54.2 Å². The largest absolute Gasteiger partial charge is 0.494 e. The van der Waals surface area contributed by atoms with Gasteiger partial charge in [0.2, 0.25) is 5.91 Å². The molecule has 1 aliphatic carbocycles. The predicted molar refractivity (Wildman–Crippen MR) is 114 cm³/mol. The van der Waals surface area contributed by atoms with Gasteiger partial charge in [-0.25, -0.2) is 4.98 Å². The van der Waals surface area contributed by atoms with E-state index in [1.54, 1.807) is 0 Å². The second kappa shape index (κ2) is 9.74. The zero-order valence-electron chi connectivity index (χ0n) is 16.9. The second-order valence-corrected chi connectivity index (χ2v) is 7.86. The Morgan fingerprint density at radius 3 is 2.55 bits per heavy atom. The molecule has 2 fully saturated rings. The average Bonchev–Trinajstić information content (AvgIpc) is 3.61. The van der Waals surface area contributed by atoms with Crippen LogP contribution < -0.4 is 15.0 Å². The van der Waals surface area contributed by atoms with Crippen LogP contribution in [-0.2, 0) is 11.3 Å². The van der Waals surface area contributed by atoms with Crippen LogP contribution in [0.25, 0.3) is 0 Å². The quantitative estimate of drug-likeness (QED) is 0.663. The number of carbonyl (C=O) groups is 1. The number of carbonyl (C=O) groups excluding carboxylic acids is 1. The molecule has 4 rings (SSSR count). The number of pyridine rings is 1. The molecule has 2 aliphatic rings. The number of piperazine rings is 1. The van der Waals surface area contributed by atoms with Crippen molar-refractivity contribution in [2.75, 3.05) is 44.2 Å². The highest BCUT2D eigenvalue weighted by atomic mass is 16.5. The molecular weight excluding hydrogens is 364 g/mol. The lowest BCUT2D eigenvalue weighted by Crippen LogP contribution is -2.46. The Kier molecular flexibility index (Phi) is 6.62. The number of aromatic nitrogens is 1. The van der Waals surface area contributed by atoms with Crippen molar-refractivity contribution in [1.82, 2.24) is 15.2 Å². The molecule has 154 valence electrons. The van der Waals surface area contributed by atoms with Gasteiger partial charge in [0.05, 0.1) is 6.61 Å². The summed E-state index contributed by atoms with van der Waals surface area (Å²) < 4.78 is 5.79. The minimum absolute atomic E-state index is 0.204. The van der Waals surface area contributed by atoms with Gasteiger partial charge in [0, 0.05) is 51.4 Å². The summed E-state index contributed by atoms with van der Waals surface area (Å²) in [5, 5.41) is 2.97. The number of rotatable bonds is 9. The molecule has 1 amide bonds. The van der Waals surface area contributed by atoms with Crippen LogP contribution >= 0.6 is 0 Å².